The van der Waals surface area contributed by atoms with Crippen LogP contribution in [0.5, 0.6) is 0 Å². The molecule has 0 bridgehead atoms. The fourth-order valence-electron chi connectivity index (χ4n) is 8.44. The summed E-state index contributed by atoms with van der Waals surface area (Å²) in [7, 11) is 0. The van der Waals surface area contributed by atoms with E-state index in [0.29, 0.717) is 0 Å². The number of nitrogens with zero attached hydrogens (tertiary/aromatic N) is 2. The Morgan fingerprint density at radius 3 is 1.62 bits per heavy atom. The van der Waals surface area contributed by atoms with Gasteiger partial charge in [0.1, 0.15) is 5.70 Å². The molecule has 0 saturated heterocycles. The van der Waals surface area contributed by atoms with Crippen LogP contribution in [0.15, 0.2) is 229 Å². The van der Waals surface area contributed by atoms with E-state index < -0.39 is 5.41 Å². The highest BCUT2D eigenvalue weighted by Gasteiger charge is 2.46. The van der Waals surface area contributed by atoms with Gasteiger partial charge in [0, 0.05) is 22.9 Å². The van der Waals surface area contributed by atoms with Crippen molar-refractivity contribution in [3.8, 4) is 33.5 Å². The molecular weight excluding hydrogens is 677 g/mol. The number of rotatable bonds is 7. The average molecular weight is 713 g/mol. The normalized spacial score (nSPS) is 13.8. The quantitative estimate of drug-likeness (QED) is 0.151. The van der Waals surface area contributed by atoms with Gasteiger partial charge in [-0.3, -0.25) is 4.98 Å². The number of hydrogen-bond donors (Lipinski definition) is 0. The minimum absolute atomic E-state index is 0.582. The van der Waals surface area contributed by atoms with Crippen molar-refractivity contribution < 1.29 is 0 Å². The van der Waals surface area contributed by atoms with Gasteiger partial charge in [-0.2, -0.15) is 0 Å². The van der Waals surface area contributed by atoms with Gasteiger partial charge in [0.2, 0.25) is 0 Å². The molecule has 0 saturated carbocycles. The first-order valence-electron chi connectivity index (χ1n) is 19.1. The van der Waals surface area contributed by atoms with Gasteiger partial charge in [0.25, 0.3) is 0 Å². The third kappa shape index (κ3) is 5.77. The van der Waals surface area contributed by atoms with Crippen LogP contribution >= 0.6 is 0 Å². The molecule has 10 rings (SSSR count). The molecule has 0 radical (unpaired) electrons. The van der Waals surface area contributed by atoms with Crippen LogP contribution in [0.3, 0.4) is 0 Å². The van der Waals surface area contributed by atoms with E-state index in [-0.39, 0.29) is 0 Å². The van der Waals surface area contributed by atoms with Gasteiger partial charge in [-0.25, -0.2) is 4.99 Å². The van der Waals surface area contributed by atoms with E-state index in [2.05, 4.69) is 199 Å². The molecule has 0 spiro atoms. The molecule has 2 aliphatic rings. The van der Waals surface area contributed by atoms with E-state index in [1.807, 2.05) is 30.5 Å². The first-order valence-corrected chi connectivity index (χ1v) is 19.1. The molecule has 0 atom stereocenters. The summed E-state index contributed by atoms with van der Waals surface area (Å²) < 4.78 is 0. The number of fused-ring (bicyclic) bond motifs is 3. The average Bonchev–Trinajstić information content (AvgIpc) is 3.40. The summed E-state index contributed by atoms with van der Waals surface area (Å²) in [6, 6.07) is 71.6. The van der Waals surface area contributed by atoms with E-state index in [1.54, 1.807) is 0 Å². The van der Waals surface area contributed by atoms with Crippen LogP contribution in [0.4, 0.5) is 0 Å². The molecule has 2 heterocycles. The fourth-order valence-corrected chi connectivity index (χ4v) is 8.44. The van der Waals surface area contributed by atoms with Crippen molar-refractivity contribution in [3.63, 3.8) is 0 Å². The molecule has 7 aromatic carbocycles. The van der Waals surface area contributed by atoms with Gasteiger partial charge >= 0.3 is 0 Å². The maximum atomic E-state index is 5.34. The molecule has 8 aromatic rings. The van der Waals surface area contributed by atoms with Crippen LogP contribution < -0.4 is 0 Å². The second kappa shape index (κ2) is 14.1. The molecule has 0 amide bonds. The first kappa shape index (κ1) is 33.2. The lowest BCUT2D eigenvalue weighted by Gasteiger charge is -2.34. The van der Waals surface area contributed by atoms with Crippen molar-refractivity contribution in [1.82, 2.24) is 4.98 Å². The summed E-state index contributed by atoms with van der Waals surface area (Å²) in [6.07, 6.45) is 6.09. The summed E-state index contributed by atoms with van der Waals surface area (Å²) in [6.45, 7) is 0. The molecular formula is C54H36N2. The van der Waals surface area contributed by atoms with Crippen LogP contribution in [0.25, 0.3) is 44.8 Å². The van der Waals surface area contributed by atoms with Crippen molar-refractivity contribution in [2.45, 2.75) is 5.41 Å². The van der Waals surface area contributed by atoms with E-state index in [9.17, 15) is 0 Å². The zero-order valence-corrected chi connectivity index (χ0v) is 30.7. The number of hydrogen-bond acceptors (Lipinski definition) is 2. The van der Waals surface area contributed by atoms with Crippen molar-refractivity contribution in [2.75, 3.05) is 0 Å². The zero-order valence-electron chi connectivity index (χ0n) is 30.7. The highest BCUT2D eigenvalue weighted by Crippen LogP contribution is 2.56. The molecule has 1 aliphatic carbocycles. The minimum atomic E-state index is -0.582. The van der Waals surface area contributed by atoms with Gasteiger partial charge in [0.05, 0.1) is 16.8 Å². The Labute approximate surface area is 327 Å². The molecule has 1 aliphatic heterocycles. The van der Waals surface area contributed by atoms with Crippen LogP contribution in [-0.4, -0.2) is 10.7 Å². The van der Waals surface area contributed by atoms with Crippen molar-refractivity contribution in [1.29, 1.82) is 0 Å². The Morgan fingerprint density at radius 1 is 0.411 bits per heavy atom. The molecule has 56 heavy (non-hydrogen) atoms. The highest BCUT2D eigenvalue weighted by atomic mass is 14.8. The van der Waals surface area contributed by atoms with Crippen LogP contribution in [0.1, 0.15) is 38.9 Å². The lowest BCUT2D eigenvalue weighted by Crippen LogP contribution is -2.28. The summed E-state index contributed by atoms with van der Waals surface area (Å²) in [5.41, 5.74) is 20.9. The van der Waals surface area contributed by atoms with Gasteiger partial charge < -0.3 is 0 Å². The molecule has 0 fully saturated rings. The second-order valence-corrected chi connectivity index (χ2v) is 14.3. The van der Waals surface area contributed by atoms with Gasteiger partial charge in [-0.15, -0.1) is 0 Å². The van der Waals surface area contributed by atoms with Crippen LogP contribution in [-0.2, 0) is 5.41 Å². The minimum Gasteiger partial charge on any atom is -0.256 e. The topological polar surface area (TPSA) is 25.2 Å². The molecule has 0 unspecified atom stereocenters. The summed E-state index contributed by atoms with van der Waals surface area (Å²) in [4.78, 5) is 9.90. The SMILES string of the molecule is C1=CC(c2ccccc2)=CC(c2ccccc2)=NC=1c1cccc(C2(c3cccc(-c4ccc(-c5ccccn5)cc4)c3)c3ccccc3-c3ccccc32)c1. The largest absolute Gasteiger partial charge is 0.256 e. The smallest absolute Gasteiger partial charge is 0.113 e. The third-order valence-corrected chi connectivity index (χ3v) is 11.1. The highest BCUT2D eigenvalue weighted by molar-refractivity contribution is 6.15. The van der Waals surface area contributed by atoms with E-state index >= 15 is 0 Å². The number of aliphatic imine (C=N–C) groups is 1. The Morgan fingerprint density at radius 2 is 0.964 bits per heavy atom. The fraction of sp³-hybridized carbons (Fsp3) is 0.0185. The van der Waals surface area contributed by atoms with Crippen molar-refractivity contribution >= 4 is 17.0 Å². The summed E-state index contributed by atoms with van der Waals surface area (Å²) in [5.74, 6) is 0. The monoisotopic (exact) mass is 712 g/mol. The zero-order chi connectivity index (χ0) is 37.3. The number of benzene rings is 7. The number of pyridine rings is 1. The van der Waals surface area contributed by atoms with E-state index in [4.69, 9.17) is 4.99 Å². The Hall–Kier alpha value is -7.38. The Kier molecular flexibility index (Phi) is 8.37. The maximum absolute atomic E-state index is 5.34. The molecule has 0 N–H and O–H groups in total. The molecule has 1 aromatic heterocycles. The molecule has 262 valence electrons. The van der Waals surface area contributed by atoms with Crippen molar-refractivity contribution in [2.24, 2.45) is 4.99 Å². The van der Waals surface area contributed by atoms with Gasteiger partial charge in [-0.1, -0.05) is 182 Å². The second-order valence-electron chi connectivity index (χ2n) is 14.3. The first-order chi connectivity index (χ1) is 27.8. The molecule has 2 nitrogen and oxygen atoms in total. The Bertz CT molecular complexity index is 2810. The Balaban J connectivity index is 1.16. The van der Waals surface area contributed by atoms with Crippen LogP contribution in [0.2, 0.25) is 0 Å². The van der Waals surface area contributed by atoms with Gasteiger partial charge in [-0.05, 0) is 92.1 Å². The maximum Gasteiger partial charge on any atom is 0.113 e. The summed E-state index contributed by atoms with van der Waals surface area (Å²) in [5, 5.41) is 0. The third-order valence-electron chi connectivity index (χ3n) is 11.1. The standard InChI is InChI=1S/C54H36N2/c1-3-15-38(16-4-1)43-32-33-52(56-53(37-43)40-17-5-2-6-18-40)44-20-14-22-46(36-44)54(49-25-9-7-23-47(49)48-24-8-10-26-50(48)54)45-21-13-19-42(35-45)39-28-30-41(31-29-39)51-27-11-12-34-55-51/h1-32,34-37H. The van der Waals surface area contributed by atoms with E-state index in [1.165, 1.54) is 38.9 Å². The van der Waals surface area contributed by atoms with Crippen LogP contribution in [0, 0.1) is 0 Å². The summed E-state index contributed by atoms with van der Waals surface area (Å²) >= 11 is 0. The molecule has 2 heteroatoms. The lowest BCUT2D eigenvalue weighted by atomic mass is 9.67. The number of aromatic nitrogens is 1. The van der Waals surface area contributed by atoms with Crippen molar-refractivity contribution in [3.05, 3.63) is 263 Å². The number of allylic oxidation sites excluding steroid dienone is 3. The van der Waals surface area contributed by atoms with Gasteiger partial charge in [0.15, 0.2) is 0 Å². The lowest BCUT2D eigenvalue weighted by molar-refractivity contribution is 0.768. The predicted molar refractivity (Wildman–Crippen MR) is 231 cm³/mol. The van der Waals surface area contributed by atoms with E-state index in [0.717, 1.165) is 50.5 Å². The predicted octanol–water partition coefficient (Wildman–Crippen LogP) is 12.9.